The van der Waals surface area contributed by atoms with Crippen molar-refractivity contribution in [1.29, 1.82) is 0 Å². The summed E-state index contributed by atoms with van der Waals surface area (Å²) in [7, 11) is 1.83. The van der Waals surface area contributed by atoms with Gasteiger partial charge in [-0.3, -0.25) is 15.2 Å². The molecule has 3 heterocycles. The van der Waals surface area contributed by atoms with Gasteiger partial charge in [0, 0.05) is 25.8 Å². The van der Waals surface area contributed by atoms with Crippen LogP contribution in [0.4, 0.5) is 27.5 Å². The summed E-state index contributed by atoms with van der Waals surface area (Å²) in [4.78, 5) is 25.8. The molecule has 0 saturated carbocycles. The van der Waals surface area contributed by atoms with Crippen molar-refractivity contribution in [2.45, 2.75) is 19.4 Å². The Labute approximate surface area is 202 Å². The molecule has 1 saturated heterocycles. The molecule has 1 aliphatic heterocycles. The van der Waals surface area contributed by atoms with Crippen LogP contribution in [0.5, 0.6) is 0 Å². The minimum Gasteiger partial charge on any atom is -0.481 e. The van der Waals surface area contributed by atoms with E-state index in [1.54, 1.807) is 30.3 Å². The number of pyridine rings is 1. The van der Waals surface area contributed by atoms with Gasteiger partial charge in [-0.05, 0) is 36.8 Å². The largest absolute Gasteiger partial charge is 0.481 e. The molecule has 0 amide bonds. The molecular weight excluding hydrogens is 453 g/mol. The van der Waals surface area contributed by atoms with E-state index >= 15 is 0 Å². The van der Waals surface area contributed by atoms with Crippen LogP contribution in [0.25, 0.3) is 0 Å². The summed E-state index contributed by atoms with van der Waals surface area (Å²) in [5, 5.41) is 14.2. The Balaban J connectivity index is 1.33. The lowest BCUT2D eigenvalue weighted by atomic mass is 10.0. The Hall–Kier alpha value is -3.83. The summed E-state index contributed by atoms with van der Waals surface area (Å²) >= 11 is 0. The van der Waals surface area contributed by atoms with E-state index in [1.807, 2.05) is 36.2 Å². The van der Waals surface area contributed by atoms with Crippen molar-refractivity contribution >= 4 is 29.1 Å². The number of hydrazine groups is 1. The lowest BCUT2D eigenvalue weighted by molar-refractivity contribution is -0.138. The van der Waals surface area contributed by atoms with Gasteiger partial charge in [-0.25, -0.2) is 14.4 Å². The van der Waals surface area contributed by atoms with Crippen LogP contribution in [0.2, 0.25) is 0 Å². The van der Waals surface area contributed by atoms with Gasteiger partial charge in [0.25, 0.3) is 0 Å². The van der Waals surface area contributed by atoms with E-state index in [9.17, 15) is 9.18 Å². The molecule has 1 aliphatic rings. The second-order valence-electron chi connectivity index (χ2n) is 8.28. The van der Waals surface area contributed by atoms with E-state index in [-0.39, 0.29) is 5.82 Å². The highest BCUT2D eigenvalue weighted by molar-refractivity contribution is 5.75. The fourth-order valence-electron chi connectivity index (χ4n) is 3.62. The molecule has 4 rings (SSSR count). The number of anilines is 4. The Morgan fingerprint density at radius 3 is 2.51 bits per heavy atom. The van der Waals surface area contributed by atoms with E-state index in [0.29, 0.717) is 38.8 Å². The molecule has 3 N–H and O–H groups in total. The Morgan fingerprint density at radius 2 is 1.86 bits per heavy atom. The van der Waals surface area contributed by atoms with Crippen LogP contribution < -0.4 is 15.6 Å². The smallest absolute Gasteiger partial charge is 0.310 e. The monoisotopic (exact) mass is 481 g/mol. The quantitative estimate of drug-likeness (QED) is 0.393. The number of nitrogens with one attached hydrogen (secondary N) is 2. The zero-order chi connectivity index (χ0) is 24.8. The van der Waals surface area contributed by atoms with Gasteiger partial charge < -0.3 is 20.1 Å². The van der Waals surface area contributed by atoms with Crippen LogP contribution >= 0.6 is 0 Å². The van der Waals surface area contributed by atoms with Crippen LogP contribution in [0, 0.1) is 5.82 Å². The Morgan fingerprint density at radius 1 is 1.14 bits per heavy atom. The number of morpholine rings is 1. The van der Waals surface area contributed by atoms with Gasteiger partial charge in [0.1, 0.15) is 0 Å². The van der Waals surface area contributed by atoms with Crippen molar-refractivity contribution in [2.75, 3.05) is 49.0 Å². The fourth-order valence-corrected chi connectivity index (χ4v) is 3.62. The molecule has 3 aromatic rings. The third kappa shape index (κ3) is 6.40. The summed E-state index contributed by atoms with van der Waals surface area (Å²) in [5.41, 5.74) is 6.26. The topological polar surface area (TPSA) is 116 Å². The second-order valence-corrected chi connectivity index (χ2v) is 8.28. The second kappa shape index (κ2) is 11.1. The van der Waals surface area contributed by atoms with Gasteiger partial charge in [0.2, 0.25) is 5.95 Å². The predicted molar refractivity (Wildman–Crippen MR) is 130 cm³/mol. The molecule has 0 bridgehead atoms. The number of hydrogen-bond acceptors (Lipinski definition) is 9. The first-order chi connectivity index (χ1) is 16.9. The summed E-state index contributed by atoms with van der Waals surface area (Å²) < 4.78 is 19.6. The molecule has 184 valence electrons. The minimum absolute atomic E-state index is 0.262. The summed E-state index contributed by atoms with van der Waals surface area (Å²) in [6.07, 6.45) is 2.89. The number of carboxylic acids is 1. The maximum atomic E-state index is 14.2. The fraction of sp³-hybridized carbons (Fsp3) is 0.333. The van der Waals surface area contributed by atoms with Gasteiger partial charge in [-0.2, -0.15) is 4.98 Å². The molecule has 1 atom stereocenters. The molecular formula is C24H28FN7O3. The molecule has 10 nitrogen and oxygen atoms in total. The maximum absolute atomic E-state index is 14.2. The summed E-state index contributed by atoms with van der Waals surface area (Å²) in [6, 6.07) is 11.1. The number of carboxylic acid groups (broad SMARTS) is 1. The number of aromatic nitrogens is 3. The van der Waals surface area contributed by atoms with E-state index < -0.39 is 17.7 Å². The van der Waals surface area contributed by atoms with Gasteiger partial charge in [-0.15, -0.1) is 0 Å². The highest BCUT2D eigenvalue weighted by Crippen LogP contribution is 2.22. The average Bonchev–Trinajstić information content (AvgIpc) is 2.87. The summed E-state index contributed by atoms with van der Waals surface area (Å²) in [6.45, 7) is 4.37. The zero-order valence-corrected chi connectivity index (χ0v) is 19.6. The van der Waals surface area contributed by atoms with Crippen molar-refractivity contribution in [2.24, 2.45) is 0 Å². The Bertz CT molecular complexity index is 1140. The van der Waals surface area contributed by atoms with Crippen LogP contribution in [0.15, 0.2) is 48.8 Å². The first-order valence-corrected chi connectivity index (χ1v) is 11.3. The normalized spacial score (nSPS) is 14.6. The molecule has 2 aromatic heterocycles. The molecule has 1 unspecified atom stereocenters. The van der Waals surface area contributed by atoms with Gasteiger partial charge in [0.05, 0.1) is 49.5 Å². The maximum Gasteiger partial charge on any atom is 0.310 e. The number of aliphatic carboxylic acids is 1. The SMILES string of the molecule is CC(C(=O)O)c1ccc(Nc2ccc(CN(C)Nc3ncc(F)c(N4CCOCC4)n3)nc2)cc1. The van der Waals surface area contributed by atoms with Crippen LogP contribution in [0.1, 0.15) is 24.1 Å². The van der Waals surface area contributed by atoms with E-state index in [1.165, 1.54) is 6.20 Å². The first-order valence-electron chi connectivity index (χ1n) is 11.3. The highest BCUT2D eigenvalue weighted by Gasteiger charge is 2.18. The Kier molecular flexibility index (Phi) is 7.68. The standard InChI is InChI=1S/C24H28FN7O3/c1-16(23(33)34)17-3-5-18(6-4-17)28-19-7-8-20(26-13-19)15-31(2)30-24-27-14-21(25)22(29-24)32-9-11-35-12-10-32/h3-8,13-14,16,28H,9-12,15H2,1-2H3,(H,33,34)(H,27,29,30). The van der Waals surface area contributed by atoms with Gasteiger partial charge in [0.15, 0.2) is 11.6 Å². The van der Waals surface area contributed by atoms with Crippen molar-refractivity contribution < 1.29 is 19.0 Å². The van der Waals surface area contributed by atoms with E-state index in [2.05, 4.69) is 25.7 Å². The number of ether oxygens (including phenoxy) is 1. The number of hydrogen-bond donors (Lipinski definition) is 3. The third-order valence-corrected chi connectivity index (χ3v) is 5.62. The van der Waals surface area contributed by atoms with E-state index in [0.717, 1.165) is 22.6 Å². The van der Waals surface area contributed by atoms with Crippen molar-refractivity contribution in [3.8, 4) is 0 Å². The number of nitrogens with zero attached hydrogens (tertiary/aromatic N) is 5. The van der Waals surface area contributed by atoms with Crippen molar-refractivity contribution in [3.05, 3.63) is 65.9 Å². The van der Waals surface area contributed by atoms with Gasteiger partial charge >= 0.3 is 5.97 Å². The number of carbonyl (C=O) groups is 1. The van der Waals surface area contributed by atoms with Crippen molar-refractivity contribution in [1.82, 2.24) is 20.0 Å². The minimum atomic E-state index is -0.853. The number of benzene rings is 1. The van der Waals surface area contributed by atoms with Crippen LogP contribution in [0.3, 0.4) is 0 Å². The molecule has 11 heteroatoms. The molecule has 0 aliphatic carbocycles. The number of halogens is 1. The number of rotatable bonds is 9. The molecule has 0 spiro atoms. The first kappa shape index (κ1) is 24.3. The molecule has 1 fully saturated rings. The zero-order valence-electron chi connectivity index (χ0n) is 19.6. The molecule has 35 heavy (non-hydrogen) atoms. The summed E-state index contributed by atoms with van der Waals surface area (Å²) in [5.74, 6) is -1.31. The van der Waals surface area contributed by atoms with Gasteiger partial charge in [-0.1, -0.05) is 12.1 Å². The predicted octanol–water partition coefficient (Wildman–Crippen LogP) is 3.24. The van der Waals surface area contributed by atoms with Crippen molar-refractivity contribution in [3.63, 3.8) is 0 Å². The molecule has 0 radical (unpaired) electrons. The lowest BCUT2D eigenvalue weighted by Crippen LogP contribution is -2.37. The lowest BCUT2D eigenvalue weighted by Gasteiger charge is -2.28. The third-order valence-electron chi connectivity index (χ3n) is 5.62. The van der Waals surface area contributed by atoms with Crippen LogP contribution in [-0.2, 0) is 16.1 Å². The van der Waals surface area contributed by atoms with Crippen LogP contribution in [-0.4, -0.2) is 64.4 Å². The highest BCUT2D eigenvalue weighted by atomic mass is 19.1. The average molecular weight is 482 g/mol. The molecule has 1 aromatic carbocycles. The van der Waals surface area contributed by atoms with E-state index in [4.69, 9.17) is 9.84 Å².